The third-order valence-corrected chi connectivity index (χ3v) is 6.58. The predicted molar refractivity (Wildman–Crippen MR) is 93.8 cm³/mol. The van der Waals surface area contributed by atoms with Gasteiger partial charge in [-0.05, 0) is 42.2 Å². The molecule has 4 atom stereocenters. The van der Waals surface area contributed by atoms with Gasteiger partial charge in [-0.15, -0.1) is 0 Å². The average Bonchev–Trinajstić information content (AvgIpc) is 3.26. The summed E-state index contributed by atoms with van der Waals surface area (Å²) in [4.78, 5) is 25.8. The van der Waals surface area contributed by atoms with Crippen LogP contribution in [-0.2, 0) is 9.59 Å². The van der Waals surface area contributed by atoms with E-state index < -0.39 is 0 Å². The van der Waals surface area contributed by atoms with Crippen molar-refractivity contribution in [2.75, 3.05) is 14.2 Å². The maximum absolute atomic E-state index is 12.9. The molecule has 134 valence electrons. The minimum atomic E-state index is -0.227. The monoisotopic (exact) mass is 352 g/mol. The third-order valence-electron chi connectivity index (χ3n) is 6.58. The Morgan fingerprint density at radius 1 is 1.08 bits per heavy atom. The standard InChI is InChI=1S/C20H20N2O4/c1-25-12-4-3-11(15(9-12)26-2)10-21-22-18(23)16-13-5-6-14(17(16)19(22)24)20(13)7-8-20/h3-6,9-10,13-14,16-17H,7-8H2,1-2H3/b21-10-/t13-,14+,16+,17-. The molecule has 2 bridgehead atoms. The molecular weight excluding hydrogens is 332 g/mol. The largest absolute Gasteiger partial charge is 0.497 e. The number of ether oxygens (including phenoxy) is 2. The van der Waals surface area contributed by atoms with Crippen LogP contribution < -0.4 is 9.47 Å². The fourth-order valence-corrected chi connectivity index (χ4v) is 5.22. The first-order valence-corrected chi connectivity index (χ1v) is 8.93. The van der Waals surface area contributed by atoms with Crippen molar-refractivity contribution in [3.63, 3.8) is 0 Å². The van der Waals surface area contributed by atoms with Crippen molar-refractivity contribution in [1.29, 1.82) is 0 Å². The van der Waals surface area contributed by atoms with E-state index in [1.54, 1.807) is 32.4 Å². The molecular formula is C20H20N2O4. The summed E-state index contributed by atoms with van der Waals surface area (Å²) in [6, 6.07) is 5.31. The number of carbonyl (C=O) groups excluding carboxylic acids is 2. The Hall–Kier alpha value is -2.63. The van der Waals surface area contributed by atoms with E-state index in [2.05, 4.69) is 17.3 Å². The summed E-state index contributed by atoms with van der Waals surface area (Å²) in [7, 11) is 3.14. The summed E-state index contributed by atoms with van der Waals surface area (Å²) in [5.41, 5.74) is 0.890. The van der Waals surface area contributed by atoms with E-state index in [4.69, 9.17) is 9.47 Å². The lowest BCUT2D eigenvalue weighted by Gasteiger charge is -2.18. The first kappa shape index (κ1) is 15.6. The second-order valence-corrected chi connectivity index (χ2v) is 7.56. The summed E-state index contributed by atoms with van der Waals surface area (Å²) < 4.78 is 10.5. The number of imide groups is 1. The Bertz CT molecular complexity index is 837. The van der Waals surface area contributed by atoms with E-state index in [1.807, 2.05) is 0 Å². The average molecular weight is 352 g/mol. The van der Waals surface area contributed by atoms with Crippen LogP contribution >= 0.6 is 0 Å². The van der Waals surface area contributed by atoms with Crippen LogP contribution in [0.4, 0.5) is 0 Å². The molecule has 1 spiro atoms. The van der Waals surface area contributed by atoms with Crippen molar-refractivity contribution in [3.05, 3.63) is 35.9 Å². The van der Waals surface area contributed by atoms with Crippen LogP contribution in [0, 0.1) is 29.1 Å². The maximum atomic E-state index is 12.9. The van der Waals surface area contributed by atoms with Crippen molar-refractivity contribution in [3.8, 4) is 11.5 Å². The highest BCUT2D eigenvalue weighted by Crippen LogP contribution is 2.73. The molecule has 0 radical (unpaired) electrons. The fraction of sp³-hybridized carbons (Fsp3) is 0.450. The van der Waals surface area contributed by atoms with Gasteiger partial charge in [0.1, 0.15) is 11.5 Å². The highest BCUT2D eigenvalue weighted by atomic mass is 16.5. The molecule has 0 aromatic heterocycles. The summed E-state index contributed by atoms with van der Waals surface area (Å²) in [5, 5.41) is 5.30. The normalized spacial score (nSPS) is 32.8. The Morgan fingerprint density at radius 2 is 1.73 bits per heavy atom. The van der Waals surface area contributed by atoms with Crippen LogP contribution in [0.2, 0.25) is 0 Å². The van der Waals surface area contributed by atoms with Gasteiger partial charge in [-0.25, -0.2) is 0 Å². The van der Waals surface area contributed by atoms with Gasteiger partial charge in [-0.3, -0.25) is 9.59 Å². The Labute approximate surface area is 151 Å². The van der Waals surface area contributed by atoms with Crippen molar-refractivity contribution in [1.82, 2.24) is 5.01 Å². The van der Waals surface area contributed by atoms with E-state index in [9.17, 15) is 9.59 Å². The topological polar surface area (TPSA) is 68.2 Å². The second-order valence-electron chi connectivity index (χ2n) is 7.56. The summed E-state index contributed by atoms with van der Waals surface area (Å²) >= 11 is 0. The lowest BCUT2D eigenvalue weighted by atomic mass is 9.85. The highest BCUT2D eigenvalue weighted by molar-refractivity contribution is 6.07. The molecule has 3 fully saturated rings. The highest BCUT2D eigenvalue weighted by Gasteiger charge is 2.73. The molecule has 1 heterocycles. The van der Waals surface area contributed by atoms with Gasteiger partial charge in [0.15, 0.2) is 0 Å². The number of fused-ring (bicyclic) bond motifs is 3. The van der Waals surface area contributed by atoms with Crippen LogP contribution in [0.5, 0.6) is 11.5 Å². The van der Waals surface area contributed by atoms with Gasteiger partial charge in [0.25, 0.3) is 11.8 Å². The number of hydrazone groups is 1. The Kier molecular flexibility index (Phi) is 3.12. The number of allylic oxidation sites excluding steroid dienone is 2. The van der Waals surface area contributed by atoms with Gasteiger partial charge in [0, 0.05) is 11.6 Å². The zero-order chi connectivity index (χ0) is 18.1. The Morgan fingerprint density at radius 3 is 2.27 bits per heavy atom. The lowest BCUT2D eigenvalue weighted by molar-refractivity contribution is -0.141. The van der Waals surface area contributed by atoms with Crippen molar-refractivity contribution in [2.45, 2.75) is 12.8 Å². The van der Waals surface area contributed by atoms with Crippen molar-refractivity contribution >= 4 is 18.0 Å². The summed E-state index contributed by atoms with van der Waals surface area (Å²) in [6.07, 6.45) is 8.09. The SMILES string of the molecule is COc1ccc(/C=N\N2C(=O)[C@@H]3[C@H](C2=O)[C@@H]2C=C[C@H]3C23CC3)c(OC)c1. The smallest absolute Gasteiger partial charge is 0.254 e. The molecule has 0 unspecified atom stereocenters. The first-order chi connectivity index (χ1) is 12.6. The maximum Gasteiger partial charge on any atom is 0.254 e. The van der Waals surface area contributed by atoms with Crippen LogP contribution in [0.15, 0.2) is 35.5 Å². The predicted octanol–water partition coefficient (Wildman–Crippen LogP) is 2.23. The molecule has 26 heavy (non-hydrogen) atoms. The van der Waals surface area contributed by atoms with E-state index in [-0.39, 0.29) is 40.9 Å². The zero-order valence-electron chi connectivity index (χ0n) is 14.7. The number of methoxy groups -OCH3 is 2. The van der Waals surface area contributed by atoms with E-state index in [1.165, 1.54) is 6.21 Å². The van der Waals surface area contributed by atoms with Gasteiger partial charge >= 0.3 is 0 Å². The molecule has 5 rings (SSSR count). The fourth-order valence-electron chi connectivity index (χ4n) is 5.22. The number of hydrogen-bond acceptors (Lipinski definition) is 5. The molecule has 4 aliphatic rings. The molecule has 2 saturated carbocycles. The number of nitrogens with zero attached hydrogens (tertiary/aromatic N) is 2. The van der Waals surface area contributed by atoms with Crippen LogP contribution in [0.25, 0.3) is 0 Å². The van der Waals surface area contributed by atoms with Crippen molar-refractivity contribution in [2.24, 2.45) is 34.2 Å². The Balaban J connectivity index is 1.42. The van der Waals surface area contributed by atoms with E-state index in [0.717, 1.165) is 17.9 Å². The number of amides is 2. The molecule has 6 heteroatoms. The second kappa shape index (κ2) is 5.19. The minimum absolute atomic E-state index is 0.160. The zero-order valence-corrected chi connectivity index (χ0v) is 14.7. The lowest BCUT2D eigenvalue weighted by Crippen LogP contribution is -2.30. The van der Waals surface area contributed by atoms with Gasteiger partial charge in [0.2, 0.25) is 0 Å². The quantitative estimate of drug-likeness (QED) is 0.473. The molecule has 1 saturated heterocycles. The van der Waals surface area contributed by atoms with Crippen LogP contribution in [0.3, 0.4) is 0 Å². The third kappa shape index (κ3) is 1.84. The number of benzene rings is 1. The summed E-state index contributed by atoms with van der Waals surface area (Å²) in [6.45, 7) is 0. The minimum Gasteiger partial charge on any atom is -0.497 e. The number of rotatable bonds is 4. The molecule has 0 N–H and O–H groups in total. The number of hydrogen-bond donors (Lipinski definition) is 0. The molecule has 6 nitrogen and oxygen atoms in total. The molecule has 1 aromatic rings. The molecule has 1 aromatic carbocycles. The first-order valence-electron chi connectivity index (χ1n) is 8.93. The number of carbonyl (C=O) groups is 2. The molecule has 3 aliphatic carbocycles. The van der Waals surface area contributed by atoms with Crippen LogP contribution in [0.1, 0.15) is 18.4 Å². The molecule has 2 amide bonds. The van der Waals surface area contributed by atoms with Crippen LogP contribution in [-0.4, -0.2) is 37.3 Å². The summed E-state index contributed by atoms with van der Waals surface area (Å²) in [5.74, 6) is 0.892. The van der Waals surface area contributed by atoms with Crippen molar-refractivity contribution < 1.29 is 19.1 Å². The van der Waals surface area contributed by atoms with Gasteiger partial charge < -0.3 is 9.47 Å². The van der Waals surface area contributed by atoms with Gasteiger partial charge in [-0.1, -0.05) is 12.2 Å². The molecule has 1 aliphatic heterocycles. The van der Waals surface area contributed by atoms with Gasteiger partial charge in [0.05, 0.1) is 32.3 Å². The van der Waals surface area contributed by atoms with Gasteiger partial charge in [-0.2, -0.15) is 10.1 Å². The van der Waals surface area contributed by atoms with E-state index in [0.29, 0.717) is 17.1 Å². The van der Waals surface area contributed by atoms with E-state index >= 15 is 0 Å².